The first-order valence-corrected chi connectivity index (χ1v) is 11.2. The Bertz CT molecular complexity index is 975. The van der Waals surface area contributed by atoms with Crippen LogP contribution in [-0.2, 0) is 19.5 Å². The largest absolute Gasteiger partial charge is 0.467 e. The topological polar surface area (TPSA) is 83.1 Å². The molecule has 3 rings (SSSR count). The molecule has 2 aromatic rings. The van der Waals surface area contributed by atoms with Crippen molar-refractivity contribution in [3.8, 4) is 11.5 Å². The molecule has 0 spiro atoms. The van der Waals surface area contributed by atoms with E-state index in [0.717, 1.165) is 17.5 Å². The molecule has 30 heavy (non-hydrogen) atoms. The Labute approximate surface area is 177 Å². The summed E-state index contributed by atoms with van der Waals surface area (Å²) in [4.78, 5) is 0.210. The molecule has 162 valence electrons. The van der Waals surface area contributed by atoms with Gasteiger partial charge in [-0.1, -0.05) is 37.3 Å². The highest BCUT2D eigenvalue weighted by molar-refractivity contribution is 7.89. The lowest BCUT2D eigenvalue weighted by Gasteiger charge is -2.32. The number of rotatable bonds is 10. The number of methoxy groups -OCH3 is 2. The molecular weight excluding hydrogens is 406 g/mol. The van der Waals surface area contributed by atoms with Gasteiger partial charge in [0.2, 0.25) is 10.0 Å². The van der Waals surface area contributed by atoms with E-state index in [1.165, 1.54) is 7.11 Å². The van der Waals surface area contributed by atoms with E-state index in [0.29, 0.717) is 11.5 Å². The van der Waals surface area contributed by atoms with Crippen molar-refractivity contribution in [3.63, 3.8) is 0 Å². The second-order valence-corrected chi connectivity index (χ2v) is 8.55. The van der Waals surface area contributed by atoms with E-state index in [-0.39, 0.29) is 24.4 Å². The molecule has 0 bridgehead atoms. The van der Waals surface area contributed by atoms with Crippen LogP contribution in [0.3, 0.4) is 0 Å². The molecule has 0 aliphatic heterocycles. The smallest absolute Gasteiger partial charge is 0.241 e. The molecule has 1 aliphatic rings. The van der Waals surface area contributed by atoms with Crippen molar-refractivity contribution in [2.24, 2.45) is 5.92 Å². The second kappa shape index (κ2) is 10.1. The number of nitrogens with one attached hydrogen (secondary N) is 1. The highest BCUT2D eigenvalue weighted by Crippen LogP contribution is 2.44. The van der Waals surface area contributed by atoms with Crippen molar-refractivity contribution in [2.45, 2.75) is 24.3 Å². The average Bonchev–Trinajstić information content (AvgIpc) is 2.77. The van der Waals surface area contributed by atoms with Gasteiger partial charge in [-0.2, -0.15) is 0 Å². The Hall–Kier alpha value is -2.39. The SMILES string of the molecule is CC[C@H]1C=Cc2c(OCOC)ccc(OCOC)c2[C@H]1NS(=O)(=O)c1ccccc1. The molecule has 0 heterocycles. The Kier molecular flexibility index (Phi) is 7.49. The lowest BCUT2D eigenvalue weighted by Crippen LogP contribution is -2.35. The molecule has 2 aromatic carbocycles. The van der Waals surface area contributed by atoms with Crippen LogP contribution in [0.2, 0.25) is 0 Å². The minimum atomic E-state index is -3.75. The van der Waals surface area contributed by atoms with Crippen LogP contribution < -0.4 is 14.2 Å². The van der Waals surface area contributed by atoms with E-state index >= 15 is 0 Å². The predicted molar refractivity (Wildman–Crippen MR) is 114 cm³/mol. The van der Waals surface area contributed by atoms with Crippen molar-refractivity contribution in [1.82, 2.24) is 4.72 Å². The van der Waals surface area contributed by atoms with Gasteiger partial charge in [0.05, 0.1) is 10.9 Å². The number of hydrogen-bond acceptors (Lipinski definition) is 6. The van der Waals surface area contributed by atoms with E-state index in [4.69, 9.17) is 18.9 Å². The van der Waals surface area contributed by atoms with Crippen LogP contribution in [0.4, 0.5) is 0 Å². The fourth-order valence-corrected chi connectivity index (χ4v) is 4.76. The zero-order valence-corrected chi connectivity index (χ0v) is 18.1. The Morgan fingerprint density at radius 2 is 1.57 bits per heavy atom. The molecule has 0 saturated heterocycles. The van der Waals surface area contributed by atoms with Crippen LogP contribution in [0.25, 0.3) is 6.08 Å². The summed E-state index contributed by atoms with van der Waals surface area (Å²) in [5.74, 6) is 1.07. The standard InChI is InChI=1S/C22H27NO6S/c1-4-16-10-11-18-19(28-14-26-2)12-13-20(29-15-27-3)21(18)22(16)23-30(24,25)17-8-6-5-7-9-17/h5-13,16,22-23H,4,14-15H2,1-3H3/t16-,22-/m0/s1. The molecule has 8 heteroatoms. The van der Waals surface area contributed by atoms with Crippen LogP contribution in [0.15, 0.2) is 53.4 Å². The van der Waals surface area contributed by atoms with E-state index in [2.05, 4.69) is 4.72 Å². The third kappa shape index (κ3) is 4.84. The summed E-state index contributed by atoms with van der Waals surface area (Å²) in [5.41, 5.74) is 1.47. The number of benzene rings is 2. The number of ether oxygens (including phenoxy) is 4. The zero-order valence-electron chi connectivity index (χ0n) is 17.3. The molecule has 0 radical (unpaired) electrons. The lowest BCUT2D eigenvalue weighted by atomic mass is 9.83. The maximum absolute atomic E-state index is 13.1. The minimum absolute atomic E-state index is 0.0450. The molecule has 0 unspecified atom stereocenters. The molecule has 0 aromatic heterocycles. The third-order valence-corrected chi connectivity index (χ3v) is 6.39. The van der Waals surface area contributed by atoms with Crippen LogP contribution >= 0.6 is 0 Å². The van der Waals surface area contributed by atoms with Gasteiger partial charge >= 0.3 is 0 Å². The van der Waals surface area contributed by atoms with Crippen molar-refractivity contribution in [2.75, 3.05) is 27.8 Å². The normalized spacial score (nSPS) is 18.1. The van der Waals surface area contributed by atoms with Gasteiger partial charge < -0.3 is 18.9 Å². The van der Waals surface area contributed by atoms with Gasteiger partial charge in [-0.3, -0.25) is 0 Å². The minimum Gasteiger partial charge on any atom is -0.467 e. The van der Waals surface area contributed by atoms with Crippen LogP contribution in [-0.4, -0.2) is 36.2 Å². The summed E-state index contributed by atoms with van der Waals surface area (Å²) in [7, 11) is -0.670. The van der Waals surface area contributed by atoms with Crippen LogP contribution in [0.1, 0.15) is 30.5 Å². The first-order chi connectivity index (χ1) is 14.5. The van der Waals surface area contributed by atoms with Crippen molar-refractivity contribution in [3.05, 3.63) is 59.7 Å². The van der Waals surface area contributed by atoms with Gasteiger partial charge in [-0.25, -0.2) is 13.1 Å². The van der Waals surface area contributed by atoms with Gasteiger partial charge in [-0.15, -0.1) is 0 Å². The Balaban J connectivity index is 2.08. The average molecular weight is 434 g/mol. The summed E-state index contributed by atoms with van der Waals surface area (Å²) in [6.45, 7) is 2.14. The van der Waals surface area contributed by atoms with Crippen LogP contribution in [0, 0.1) is 5.92 Å². The van der Waals surface area contributed by atoms with Gasteiger partial charge in [0.1, 0.15) is 11.5 Å². The van der Waals surface area contributed by atoms with Crippen LogP contribution in [0.5, 0.6) is 11.5 Å². The number of fused-ring (bicyclic) bond motifs is 1. The summed E-state index contributed by atoms with van der Waals surface area (Å²) < 4.78 is 50.7. The summed E-state index contributed by atoms with van der Waals surface area (Å²) in [6, 6.07) is 11.3. The molecule has 2 atom stereocenters. The van der Waals surface area contributed by atoms with E-state index in [1.807, 2.05) is 19.1 Å². The first kappa shape index (κ1) is 22.3. The van der Waals surface area contributed by atoms with E-state index < -0.39 is 16.1 Å². The maximum Gasteiger partial charge on any atom is 0.241 e. The Morgan fingerprint density at radius 3 is 2.20 bits per heavy atom. The van der Waals surface area contributed by atoms with E-state index in [9.17, 15) is 8.42 Å². The van der Waals surface area contributed by atoms with Gasteiger partial charge in [0, 0.05) is 25.3 Å². The molecule has 0 amide bonds. The van der Waals surface area contributed by atoms with Gasteiger partial charge in [0.25, 0.3) is 0 Å². The summed E-state index contributed by atoms with van der Waals surface area (Å²) in [6.07, 6.45) is 4.69. The monoisotopic (exact) mass is 433 g/mol. The quantitative estimate of drug-likeness (QED) is 0.575. The van der Waals surface area contributed by atoms with Gasteiger partial charge in [-0.05, 0) is 36.6 Å². The first-order valence-electron chi connectivity index (χ1n) is 9.67. The number of sulfonamides is 1. The molecular formula is C22H27NO6S. The summed E-state index contributed by atoms with van der Waals surface area (Å²) in [5, 5.41) is 0. The highest BCUT2D eigenvalue weighted by atomic mass is 32.2. The van der Waals surface area contributed by atoms with Crippen molar-refractivity contribution >= 4 is 16.1 Å². The molecule has 0 saturated carbocycles. The predicted octanol–water partition coefficient (Wildman–Crippen LogP) is 3.72. The molecule has 7 nitrogen and oxygen atoms in total. The molecule has 1 N–H and O–H groups in total. The number of hydrogen-bond donors (Lipinski definition) is 1. The van der Waals surface area contributed by atoms with Crippen molar-refractivity contribution in [1.29, 1.82) is 0 Å². The van der Waals surface area contributed by atoms with Crippen molar-refractivity contribution < 1.29 is 27.4 Å². The maximum atomic E-state index is 13.1. The second-order valence-electron chi connectivity index (χ2n) is 6.83. The molecule has 0 fully saturated rings. The Morgan fingerprint density at radius 1 is 0.933 bits per heavy atom. The van der Waals surface area contributed by atoms with E-state index in [1.54, 1.807) is 49.6 Å². The zero-order chi connectivity index (χ0) is 21.6. The fraction of sp³-hybridized carbons (Fsp3) is 0.364. The molecule has 1 aliphatic carbocycles. The van der Waals surface area contributed by atoms with Gasteiger partial charge in [0.15, 0.2) is 13.6 Å². The fourth-order valence-electron chi connectivity index (χ4n) is 3.48. The highest BCUT2D eigenvalue weighted by Gasteiger charge is 2.34. The third-order valence-electron chi connectivity index (χ3n) is 4.93. The lowest BCUT2D eigenvalue weighted by molar-refractivity contribution is 0.0471. The summed E-state index contributed by atoms with van der Waals surface area (Å²) >= 11 is 0.